The van der Waals surface area contributed by atoms with Gasteiger partial charge in [-0.05, 0) is 0 Å². The number of hydrogen-bond donors (Lipinski definition) is 1. The number of carbonyl (C=O) groups excluding carboxylic acids is 1. The van der Waals surface area contributed by atoms with E-state index in [0.29, 0.717) is 13.2 Å². The molecule has 1 amide bonds. The molecular weight excluding hydrogens is 136 g/mol. The Morgan fingerprint density at radius 2 is 2.30 bits per heavy atom. The van der Waals surface area contributed by atoms with Crippen LogP contribution >= 0.6 is 0 Å². The van der Waals surface area contributed by atoms with Crippen molar-refractivity contribution >= 4 is 6.09 Å². The van der Waals surface area contributed by atoms with E-state index < -0.39 is 6.09 Å². The maximum absolute atomic E-state index is 10.6. The molecule has 0 aromatic carbocycles. The summed E-state index contributed by atoms with van der Waals surface area (Å²) in [5.74, 6) is 4.74. The van der Waals surface area contributed by atoms with Crippen molar-refractivity contribution < 1.29 is 14.4 Å². The molecule has 5 nitrogen and oxygen atoms in total. The minimum Gasteiger partial charge on any atom is -0.453 e. The van der Waals surface area contributed by atoms with Crippen LogP contribution in [0.15, 0.2) is 0 Å². The molecule has 0 atom stereocenters. The molecule has 0 spiro atoms. The molecule has 0 unspecified atom stereocenters. The van der Waals surface area contributed by atoms with E-state index in [0.717, 1.165) is 0 Å². The molecule has 0 aliphatic rings. The highest BCUT2D eigenvalue weighted by molar-refractivity contribution is 5.66. The van der Waals surface area contributed by atoms with Crippen LogP contribution in [0.5, 0.6) is 0 Å². The third-order valence-electron chi connectivity index (χ3n) is 1.03. The number of carbonyl (C=O) groups is 1. The fraction of sp³-hybridized carbons (Fsp3) is 0.800. The maximum atomic E-state index is 10.6. The average molecular weight is 148 g/mol. The van der Waals surface area contributed by atoms with Gasteiger partial charge >= 0.3 is 6.09 Å². The summed E-state index contributed by atoms with van der Waals surface area (Å²) < 4.78 is 4.40. The van der Waals surface area contributed by atoms with Crippen LogP contribution in [0, 0.1) is 0 Å². The Labute approximate surface area is 59.6 Å². The predicted molar refractivity (Wildman–Crippen MR) is 35.2 cm³/mol. The van der Waals surface area contributed by atoms with Crippen LogP contribution in [0.25, 0.3) is 0 Å². The predicted octanol–water partition coefficient (Wildman–Crippen LogP) is -0.425. The highest BCUT2D eigenvalue weighted by atomic mass is 16.6. The van der Waals surface area contributed by atoms with E-state index in [1.54, 1.807) is 7.05 Å². The molecule has 0 rings (SSSR count). The molecule has 0 heterocycles. The van der Waals surface area contributed by atoms with Gasteiger partial charge in [0.1, 0.15) is 0 Å². The summed E-state index contributed by atoms with van der Waals surface area (Å²) in [6.07, 6.45) is -0.392. The van der Waals surface area contributed by atoms with Crippen LogP contribution in [0.2, 0.25) is 0 Å². The summed E-state index contributed by atoms with van der Waals surface area (Å²) in [5, 5.41) is 0. The van der Waals surface area contributed by atoms with Gasteiger partial charge in [-0.1, -0.05) is 0 Å². The first-order valence-corrected chi connectivity index (χ1v) is 2.83. The summed E-state index contributed by atoms with van der Waals surface area (Å²) in [6, 6.07) is 0. The number of methoxy groups -OCH3 is 1. The largest absolute Gasteiger partial charge is 0.453 e. The van der Waals surface area contributed by atoms with Gasteiger partial charge in [0.05, 0.1) is 13.7 Å². The second kappa shape index (κ2) is 5.01. The summed E-state index contributed by atoms with van der Waals surface area (Å²) in [6.45, 7) is 0.745. The topological polar surface area (TPSA) is 64.8 Å². The Morgan fingerprint density at radius 1 is 1.70 bits per heavy atom. The molecule has 2 N–H and O–H groups in total. The van der Waals surface area contributed by atoms with Gasteiger partial charge in [0.25, 0.3) is 0 Å². The molecule has 5 heteroatoms. The Hall–Kier alpha value is -0.810. The highest BCUT2D eigenvalue weighted by Gasteiger charge is 2.05. The number of ether oxygens (including phenoxy) is 1. The molecule has 0 aromatic heterocycles. The van der Waals surface area contributed by atoms with E-state index in [1.807, 2.05) is 0 Å². The normalized spacial score (nSPS) is 9.10. The van der Waals surface area contributed by atoms with Crippen molar-refractivity contribution in [2.24, 2.45) is 5.90 Å². The second-order valence-corrected chi connectivity index (χ2v) is 1.76. The van der Waals surface area contributed by atoms with Crippen molar-refractivity contribution in [2.45, 2.75) is 0 Å². The molecule has 0 aliphatic heterocycles. The maximum Gasteiger partial charge on any atom is 0.409 e. The molecule has 0 saturated carbocycles. The molecule has 0 aliphatic carbocycles. The van der Waals surface area contributed by atoms with Crippen molar-refractivity contribution in [2.75, 3.05) is 27.3 Å². The Morgan fingerprint density at radius 3 is 2.70 bits per heavy atom. The van der Waals surface area contributed by atoms with E-state index in [-0.39, 0.29) is 0 Å². The third-order valence-corrected chi connectivity index (χ3v) is 1.03. The van der Waals surface area contributed by atoms with Crippen molar-refractivity contribution in [1.29, 1.82) is 0 Å². The van der Waals surface area contributed by atoms with Crippen molar-refractivity contribution in [1.82, 2.24) is 4.90 Å². The third kappa shape index (κ3) is 3.26. The molecule has 0 saturated heterocycles. The van der Waals surface area contributed by atoms with Gasteiger partial charge in [-0.3, -0.25) is 0 Å². The number of nitrogens with two attached hydrogens (primary N) is 1. The van der Waals surface area contributed by atoms with E-state index in [2.05, 4.69) is 9.57 Å². The summed E-state index contributed by atoms with van der Waals surface area (Å²) in [7, 11) is 2.92. The lowest BCUT2D eigenvalue weighted by atomic mass is 10.6. The van der Waals surface area contributed by atoms with E-state index >= 15 is 0 Å². The molecule has 10 heavy (non-hydrogen) atoms. The van der Waals surface area contributed by atoms with Crippen LogP contribution in [-0.2, 0) is 9.57 Å². The lowest BCUT2D eigenvalue weighted by Gasteiger charge is -2.13. The SMILES string of the molecule is COC(=O)N(C)CCON. The Balaban J connectivity index is 3.41. The first kappa shape index (κ1) is 9.19. The molecule has 0 fully saturated rings. The zero-order valence-corrected chi connectivity index (χ0v) is 6.16. The van der Waals surface area contributed by atoms with Gasteiger partial charge in [-0.15, -0.1) is 0 Å². The smallest absolute Gasteiger partial charge is 0.409 e. The van der Waals surface area contributed by atoms with Gasteiger partial charge in [-0.25, -0.2) is 10.7 Å². The van der Waals surface area contributed by atoms with Gasteiger partial charge in [-0.2, -0.15) is 0 Å². The van der Waals surface area contributed by atoms with Gasteiger partial charge in [0.2, 0.25) is 0 Å². The quantitative estimate of drug-likeness (QED) is 0.552. The van der Waals surface area contributed by atoms with Gasteiger partial charge in [0.15, 0.2) is 0 Å². The fourth-order valence-corrected chi connectivity index (χ4v) is 0.437. The van der Waals surface area contributed by atoms with Crippen LogP contribution in [0.3, 0.4) is 0 Å². The summed E-state index contributed by atoms with van der Waals surface area (Å²) in [5.41, 5.74) is 0. The van der Waals surface area contributed by atoms with Crippen molar-refractivity contribution in [3.8, 4) is 0 Å². The van der Waals surface area contributed by atoms with Crippen molar-refractivity contribution in [3.05, 3.63) is 0 Å². The van der Waals surface area contributed by atoms with E-state index in [9.17, 15) is 4.79 Å². The number of hydrogen-bond acceptors (Lipinski definition) is 4. The molecule has 0 radical (unpaired) electrons. The number of likely N-dealkylation sites (N-methyl/N-ethyl adjacent to an activating group) is 1. The zero-order valence-electron chi connectivity index (χ0n) is 6.16. The Kier molecular flexibility index (Phi) is 4.61. The zero-order chi connectivity index (χ0) is 7.98. The van der Waals surface area contributed by atoms with Crippen molar-refractivity contribution in [3.63, 3.8) is 0 Å². The van der Waals surface area contributed by atoms with Crippen LogP contribution in [-0.4, -0.2) is 38.3 Å². The van der Waals surface area contributed by atoms with E-state index in [1.165, 1.54) is 12.0 Å². The lowest BCUT2D eigenvalue weighted by molar-refractivity contribution is 0.0953. The standard InChI is InChI=1S/C5H12N2O3/c1-7(3-4-10-6)5(8)9-2/h3-4,6H2,1-2H3. The number of amides is 1. The van der Waals surface area contributed by atoms with Crippen LogP contribution in [0.1, 0.15) is 0 Å². The molecular formula is C5H12N2O3. The van der Waals surface area contributed by atoms with Gasteiger partial charge in [0, 0.05) is 13.6 Å². The van der Waals surface area contributed by atoms with Gasteiger partial charge < -0.3 is 14.5 Å². The first-order valence-electron chi connectivity index (χ1n) is 2.83. The summed E-state index contributed by atoms with van der Waals surface area (Å²) >= 11 is 0. The number of rotatable bonds is 3. The first-order chi connectivity index (χ1) is 4.72. The summed E-state index contributed by atoms with van der Waals surface area (Å²) in [4.78, 5) is 16.3. The molecule has 0 bridgehead atoms. The van der Waals surface area contributed by atoms with Crippen LogP contribution in [0.4, 0.5) is 4.79 Å². The Bertz CT molecular complexity index is 107. The average Bonchev–Trinajstić information content (AvgIpc) is 1.98. The van der Waals surface area contributed by atoms with Crippen LogP contribution < -0.4 is 5.90 Å². The number of nitrogens with zero attached hydrogens (tertiary/aromatic N) is 1. The fourth-order valence-electron chi connectivity index (χ4n) is 0.437. The lowest BCUT2D eigenvalue weighted by Crippen LogP contribution is -2.30. The minimum atomic E-state index is -0.392. The van der Waals surface area contributed by atoms with E-state index in [4.69, 9.17) is 5.90 Å². The molecule has 0 aromatic rings. The molecule has 60 valence electrons. The monoisotopic (exact) mass is 148 g/mol. The second-order valence-electron chi connectivity index (χ2n) is 1.76. The minimum absolute atomic E-state index is 0.311. The highest BCUT2D eigenvalue weighted by Crippen LogP contribution is 1.86.